The van der Waals surface area contributed by atoms with Crippen molar-refractivity contribution >= 4 is 23.4 Å². The first kappa shape index (κ1) is 18.9. The monoisotopic (exact) mass is 373 g/mol. The summed E-state index contributed by atoms with van der Waals surface area (Å²) in [6, 6.07) is 6.51. The predicted molar refractivity (Wildman–Crippen MR) is 105 cm³/mol. The van der Waals surface area contributed by atoms with Gasteiger partial charge in [0, 0.05) is 5.69 Å². The van der Waals surface area contributed by atoms with Crippen LogP contribution in [0.5, 0.6) is 0 Å². The number of hydrogen-bond acceptors (Lipinski definition) is 5. The number of aryl methyl sites for hydroxylation is 1. The van der Waals surface area contributed by atoms with E-state index in [4.69, 9.17) is 0 Å². The summed E-state index contributed by atoms with van der Waals surface area (Å²) in [6.45, 7) is 8.21. The molecule has 1 aromatic heterocycles. The van der Waals surface area contributed by atoms with Crippen molar-refractivity contribution in [2.24, 2.45) is 0 Å². The average Bonchev–Trinajstić information content (AvgIpc) is 3.27. The Morgan fingerprint density at radius 3 is 2.69 bits per heavy atom. The highest BCUT2D eigenvalue weighted by molar-refractivity contribution is 8.00. The van der Waals surface area contributed by atoms with Crippen molar-refractivity contribution in [2.45, 2.75) is 75.7 Å². The Kier molecular flexibility index (Phi) is 5.96. The Hall–Kier alpha value is -1.89. The van der Waals surface area contributed by atoms with E-state index >= 15 is 0 Å². The van der Waals surface area contributed by atoms with Gasteiger partial charge in [0.05, 0.1) is 11.3 Å². The number of amides is 1. The number of nitrogens with zero attached hydrogens (tertiary/aromatic N) is 4. The fourth-order valence-electron chi connectivity index (χ4n) is 3.42. The first-order valence-corrected chi connectivity index (χ1v) is 10.2. The molecule has 1 heterocycles. The minimum Gasteiger partial charge on any atom is -0.325 e. The van der Waals surface area contributed by atoms with E-state index in [1.165, 1.54) is 24.6 Å². The van der Waals surface area contributed by atoms with Gasteiger partial charge in [-0.2, -0.15) is 0 Å². The van der Waals surface area contributed by atoms with Crippen molar-refractivity contribution in [1.29, 1.82) is 0 Å². The van der Waals surface area contributed by atoms with Crippen LogP contribution in [0.15, 0.2) is 23.4 Å². The summed E-state index contributed by atoms with van der Waals surface area (Å²) in [6.07, 6.45) is 4.66. The summed E-state index contributed by atoms with van der Waals surface area (Å²) in [7, 11) is 0. The third-order valence-electron chi connectivity index (χ3n) is 4.96. The number of hydrogen-bond donors (Lipinski definition) is 1. The largest absolute Gasteiger partial charge is 0.325 e. The van der Waals surface area contributed by atoms with Crippen LogP contribution in [0, 0.1) is 6.92 Å². The Balaban J connectivity index is 1.71. The summed E-state index contributed by atoms with van der Waals surface area (Å²) in [5, 5.41) is 15.7. The molecule has 1 N–H and O–H groups in total. The molecule has 3 rings (SSSR count). The molecule has 1 amide bonds. The van der Waals surface area contributed by atoms with Gasteiger partial charge in [0.15, 0.2) is 0 Å². The normalized spacial score (nSPS) is 16.2. The SMILES string of the molecule is Cc1cccc(C(C)C)c1NC(=O)C(C)Sc1nnnn1C1CCCC1. The Morgan fingerprint density at radius 2 is 2.00 bits per heavy atom. The van der Waals surface area contributed by atoms with E-state index in [9.17, 15) is 4.79 Å². The van der Waals surface area contributed by atoms with Crippen molar-refractivity contribution in [1.82, 2.24) is 20.2 Å². The highest BCUT2D eigenvalue weighted by atomic mass is 32.2. The highest BCUT2D eigenvalue weighted by Crippen LogP contribution is 2.33. The van der Waals surface area contributed by atoms with Crippen LogP contribution in [0.4, 0.5) is 5.69 Å². The molecule has 2 aromatic rings. The van der Waals surface area contributed by atoms with Crippen molar-refractivity contribution in [3.8, 4) is 0 Å². The molecule has 0 saturated heterocycles. The zero-order valence-electron chi connectivity index (χ0n) is 15.9. The van der Waals surface area contributed by atoms with Crippen molar-refractivity contribution in [2.75, 3.05) is 5.32 Å². The third-order valence-corrected chi connectivity index (χ3v) is 6.01. The molecule has 7 heteroatoms. The third kappa shape index (κ3) is 4.09. The molecule has 1 aliphatic rings. The first-order valence-electron chi connectivity index (χ1n) is 9.32. The molecule has 1 aromatic carbocycles. The lowest BCUT2D eigenvalue weighted by atomic mass is 9.98. The molecule has 1 unspecified atom stereocenters. The second-order valence-corrected chi connectivity index (χ2v) is 8.60. The molecule has 0 radical (unpaired) electrons. The number of carbonyl (C=O) groups is 1. The molecule has 1 saturated carbocycles. The molecular weight excluding hydrogens is 346 g/mol. The molecule has 6 nitrogen and oxygen atoms in total. The van der Waals surface area contributed by atoms with Gasteiger partial charge in [0.1, 0.15) is 0 Å². The van der Waals surface area contributed by atoms with E-state index in [2.05, 4.69) is 40.8 Å². The average molecular weight is 374 g/mol. The van der Waals surface area contributed by atoms with E-state index in [0.29, 0.717) is 12.0 Å². The van der Waals surface area contributed by atoms with Gasteiger partial charge in [-0.05, 0) is 54.2 Å². The van der Waals surface area contributed by atoms with Crippen molar-refractivity contribution < 1.29 is 4.79 Å². The van der Waals surface area contributed by atoms with Crippen molar-refractivity contribution in [3.05, 3.63) is 29.3 Å². The molecule has 0 spiro atoms. The molecule has 1 atom stereocenters. The molecule has 1 aliphatic carbocycles. The fraction of sp³-hybridized carbons (Fsp3) is 0.579. The Morgan fingerprint density at radius 1 is 1.27 bits per heavy atom. The zero-order valence-corrected chi connectivity index (χ0v) is 16.7. The summed E-state index contributed by atoms with van der Waals surface area (Å²) in [5.74, 6) is 0.329. The van der Waals surface area contributed by atoms with Gasteiger partial charge in [-0.3, -0.25) is 4.79 Å². The number of anilines is 1. The van der Waals surface area contributed by atoms with E-state index in [-0.39, 0.29) is 11.2 Å². The molecule has 0 aliphatic heterocycles. The standard InChI is InChI=1S/C19H27N5OS/c1-12(2)16-11-7-8-13(3)17(16)20-18(25)14(4)26-19-21-22-23-24(19)15-9-5-6-10-15/h7-8,11-12,14-15H,5-6,9-10H2,1-4H3,(H,20,25). The van der Waals surface area contributed by atoms with E-state index in [1.54, 1.807) is 0 Å². The van der Waals surface area contributed by atoms with Gasteiger partial charge in [-0.1, -0.05) is 56.7 Å². The Labute approximate surface area is 159 Å². The number of carbonyl (C=O) groups excluding carboxylic acids is 1. The zero-order chi connectivity index (χ0) is 18.7. The number of benzene rings is 1. The van der Waals surface area contributed by atoms with Crippen LogP contribution in [0.3, 0.4) is 0 Å². The quantitative estimate of drug-likeness (QED) is 0.763. The molecule has 140 valence electrons. The highest BCUT2D eigenvalue weighted by Gasteiger charge is 2.25. The second-order valence-electron chi connectivity index (χ2n) is 7.29. The van der Waals surface area contributed by atoms with Gasteiger partial charge in [0.25, 0.3) is 0 Å². The first-order chi connectivity index (χ1) is 12.5. The minimum atomic E-state index is -0.277. The molecule has 26 heavy (non-hydrogen) atoms. The van der Waals surface area contributed by atoms with Crippen molar-refractivity contribution in [3.63, 3.8) is 0 Å². The summed E-state index contributed by atoms with van der Waals surface area (Å²) in [4.78, 5) is 12.8. The smallest absolute Gasteiger partial charge is 0.237 e. The number of tetrazole rings is 1. The van der Waals surface area contributed by atoms with Crippen LogP contribution in [-0.2, 0) is 4.79 Å². The lowest BCUT2D eigenvalue weighted by Gasteiger charge is -2.19. The topological polar surface area (TPSA) is 72.7 Å². The van der Waals surface area contributed by atoms with Gasteiger partial charge in [-0.15, -0.1) is 5.10 Å². The van der Waals surface area contributed by atoms with Gasteiger partial charge >= 0.3 is 0 Å². The summed E-state index contributed by atoms with van der Waals surface area (Å²) in [5.41, 5.74) is 3.17. The van der Waals surface area contributed by atoms with Gasteiger partial charge < -0.3 is 5.32 Å². The molecule has 1 fully saturated rings. The maximum Gasteiger partial charge on any atom is 0.237 e. The summed E-state index contributed by atoms with van der Waals surface area (Å²) >= 11 is 1.43. The van der Waals surface area contributed by atoms with Crippen LogP contribution in [0.2, 0.25) is 0 Å². The van der Waals surface area contributed by atoms with Crippen LogP contribution in [-0.4, -0.2) is 31.4 Å². The van der Waals surface area contributed by atoms with E-state index < -0.39 is 0 Å². The maximum absolute atomic E-state index is 12.8. The molecular formula is C19H27N5OS. The van der Waals surface area contributed by atoms with Crippen LogP contribution >= 0.6 is 11.8 Å². The number of thioether (sulfide) groups is 1. The van der Waals surface area contributed by atoms with Crippen LogP contribution < -0.4 is 5.32 Å². The lowest BCUT2D eigenvalue weighted by Crippen LogP contribution is -2.24. The minimum absolute atomic E-state index is 0.0211. The van der Waals surface area contributed by atoms with Gasteiger partial charge in [0.2, 0.25) is 11.1 Å². The number of rotatable bonds is 6. The lowest BCUT2D eigenvalue weighted by molar-refractivity contribution is -0.115. The number of aromatic nitrogens is 4. The second kappa shape index (κ2) is 8.20. The Bertz CT molecular complexity index is 767. The van der Waals surface area contributed by atoms with Crippen LogP contribution in [0.25, 0.3) is 0 Å². The fourth-order valence-corrected chi connectivity index (χ4v) is 4.28. The molecule has 0 bridgehead atoms. The predicted octanol–water partition coefficient (Wildman–Crippen LogP) is 4.34. The van der Waals surface area contributed by atoms with E-state index in [0.717, 1.165) is 34.8 Å². The maximum atomic E-state index is 12.8. The van der Waals surface area contributed by atoms with E-state index in [1.807, 2.05) is 30.7 Å². The van der Waals surface area contributed by atoms with Gasteiger partial charge in [-0.25, -0.2) is 4.68 Å². The number of para-hydroxylation sites is 1. The number of nitrogens with one attached hydrogen (secondary N) is 1. The summed E-state index contributed by atoms with van der Waals surface area (Å²) < 4.78 is 1.90. The van der Waals surface area contributed by atoms with Crippen LogP contribution in [0.1, 0.15) is 69.5 Å².